The molecule has 106 valence electrons. The Kier molecular flexibility index (Phi) is 4.37. The minimum atomic E-state index is -0.557. The predicted molar refractivity (Wildman–Crippen MR) is 78.1 cm³/mol. The number of urea groups is 1. The molecule has 2 aromatic rings. The van der Waals surface area contributed by atoms with Gasteiger partial charge in [0.1, 0.15) is 5.82 Å². The quantitative estimate of drug-likeness (QED) is 0.776. The van der Waals surface area contributed by atoms with Crippen molar-refractivity contribution >= 4 is 11.7 Å². The summed E-state index contributed by atoms with van der Waals surface area (Å²) in [4.78, 5) is 15.0. The standard InChI is InChI=1S/C14H19N5O/c1-10(17-9-13-16-7-8-19(13)2)11-3-5-12(6-4-11)18-14(15)20/h3-8,10,17H,9H2,1-2H3,(H3,15,18,20). The van der Waals surface area contributed by atoms with Gasteiger partial charge in [-0.25, -0.2) is 9.78 Å². The number of amides is 2. The Morgan fingerprint density at radius 2 is 2.10 bits per heavy atom. The first-order chi connectivity index (χ1) is 9.56. The molecule has 0 aliphatic heterocycles. The Labute approximate surface area is 118 Å². The van der Waals surface area contributed by atoms with Crippen molar-refractivity contribution in [3.63, 3.8) is 0 Å². The molecule has 2 rings (SSSR count). The van der Waals surface area contributed by atoms with E-state index in [-0.39, 0.29) is 6.04 Å². The molecule has 0 saturated heterocycles. The summed E-state index contributed by atoms with van der Waals surface area (Å²) in [7, 11) is 1.97. The van der Waals surface area contributed by atoms with Gasteiger partial charge in [0.25, 0.3) is 0 Å². The molecule has 0 fully saturated rings. The van der Waals surface area contributed by atoms with E-state index >= 15 is 0 Å². The van der Waals surface area contributed by atoms with Crippen LogP contribution in [0.3, 0.4) is 0 Å². The van der Waals surface area contributed by atoms with Gasteiger partial charge in [0.2, 0.25) is 0 Å². The summed E-state index contributed by atoms with van der Waals surface area (Å²) in [6.07, 6.45) is 3.71. The van der Waals surface area contributed by atoms with E-state index in [0.717, 1.165) is 11.4 Å². The molecule has 1 aromatic heterocycles. The van der Waals surface area contributed by atoms with Gasteiger partial charge in [-0.2, -0.15) is 0 Å². The molecule has 1 heterocycles. The largest absolute Gasteiger partial charge is 0.351 e. The maximum absolute atomic E-state index is 10.7. The molecule has 6 heteroatoms. The predicted octanol–water partition coefficient (Wildman–Crippen LogP) is 1.76. The fourth-order valence-electron chi connectivity index (χ4n) is 1.93. The van der Waals surface area contributed by atoms with E-state index in [1.165, 1.54) is 0 Å². The van der Waals surface area contributed by atoms with Crippen molar-refractivity contribution in [2.24, 2.45) is 12.8 Å². The van der Waals surface area contributed by atoms with Crippen molar-refractivity contribution in [3.05, 3.63) is 48.0 Å². The number of aromatic nitrogens is 2. The second-order valence-electron chi connectivity index (χ2n) is 4.67. The first kappa shape index (κ1) is 14.1. The van der Waals surface area contributed by atoms with E-state index in [9.17, 15) is 4.79 Å². The summed E-state index contributed by atoms with van der Waals surface area (Å²) in [5.41, 5.74) is 6.89. The van der Waals surface area contributed by atoms with Crippen molar-refractivity contribution in [1.82, 2.24) is 14.9 Å². The normalized spacial score (nSPS) is 12.1. The van der Waals surface area contributed by atoms with Crippen LogP contribution in [0, 0.1) is 0 Å². The number of hydrogen-bond acceptors (Lipinski definition) is 3. The maximum Gasteiger partial charge on any atom is 0.316 e. The number of nitrogens with one attached hydrogen (secondary N) is 2. The summed E-state index contributed by atoms with van der Waals surface area (Å²) in [6.45, 7) is 2.78. The summed E-state index contributed by atoms with van der Waals surface area (Å²) in [5.74, 6) is 0.990. The topological polar surface area (TPSA) is 85.0 Å². The molecule has 6 nitrogen and oxygen atoms in total. The lowest BCUT2D eigenvalue weighted by Gasteiger charge is -2.14. The van der Waals surface area contributed by atoms with Gasteiger partial charge in [0.05, 0.1) is 6.54 Å². The van der Waals surface area contributed by atoms with Crippen LogP contribution in [-0.2, 0) is 13.6 Å². The van der Waals surface area contributed by atoms with E-state index in [0.29, 0.717) is 12.2 Å². The lowest BCUT2D eigenvalue weighted by molar-refractivity contribution is 0.259. The number of nitrogens with zero attached hydrogens (tertiary/aromatic N) is 2. The van der Waals surface area contributed by atoms with Crippen LogP contribution in [0.25, 0.3) is 0 Å². The van der Waals surface area contributed by atoms with Gasteiger partial charge in [-0.3, -0.25) is 0 Å². The average molecular weight is 273 g/mol. The maximum atomic E-state index is 10.7. The van der Waals surface area contributed by atoms with Crippen LogP contribution in [0.1, 0.15) is 24.4 Å². The third kappa shape index (κ3) is 3.58. The number of anilines is 1. The lowest BCUT2D eigenvalue weighted by atomic mass is 10.1. The average Bonchev–Trinajstić information content (AvgIpc) is 2.82. The third-order valence-corrected chi connectivity index (χ3v) is 3.17. The fourth-order valence-corrected chi connectivity index (χ4v) is 1.93. The molecule has 0 bridgehead atoms. The van der Waals surface area contributed by atoms with Crippen molar-refractivity contribution in [2.45, 2.75) is 19.5 Å². The number of imidazole rings is 1. The molecule has 0 aliphatic carbocycles. The number of aryl methyl sites for hydroxylation is 1. The Morgan fingerprint density at radius 3 is 2.65 bits per heavy atom. The minimum absolute atomic E-state index is 0.189. The number of primary amides is 1. The molecule has 0 spiro atoms. The van der Waals surface area contributed by atoms with Gasteiger partial charge in [0.15, 0.2) is 0 Å². The fraction of sp³-hybridized carbons (Fsp3) is 0.286. The van der Waals surface area contributed by atoms with Crippen molar-refractivity contribution in [1.29, 1.82) is 0 Å². The molecule has 0 saturated carbocycles. The molecule has 1 aromatic carbocycles. The Balaban J connectivity index is 1.93. The Morgan fingerprint density at radius 1 is 1.40 bits per heavy atom. The highest BCUT2D eigenvalue weighted by molar-refractivity contribution is 5.87. The highest BCUT2D eigenvalue weighted by atomic mass is 16.2. The van der Waals surface area contributed by atoms with Crippen LogP contribution < -0.4 is 16.4 Å². The second-order valence-corrected chi connectivity index (χ2v) is 4.67. The summed E-state index contributed by atoms with van der Waals surface area (Å²) < 4.78 is 1.99. The third-order valence-electron chi connectivity index (χ3n) is 3.17. The van der Waals surface area contributed by atoms with Gasteiger partial charge in [0, 0.05) is 31.2 Å². The lowest BCUT2D eigenvalue weighted by Crippen LogP contribution is -2.21. The van der Waals surface area contributed by atoms with Crippen LogP contribution in [0.5, 0.6) is 0 Å². The number of carbonyl (C=O) groups is 1. The van der Waals surface area contributed by atoms with E-state index in [1.807, 2.05) is 42.1 Å². The minimum Gasteiger partial charge on any atom is -0.351 e. The Bertz CT molecular complexity index is 576. The molecule has 0 aliphatic rings. The van der Waals surface area contributed by atoms with Crippen LogP contribution >= 0.6 is 0 Å². The molecule has 20 heavy (non-hydrogen) atoms. The molecule has 4 N–H and O–H groups in total. The monoisotopic (exact) mass is 273 g/mol. The number of rotatable bonds is 5. The van der Waals surface area contributed by atoms with E-state index in [1.54, 1.807) is 6.20 Å². The number of benzene rings is 1. The van der Waals surface area contributed by atoms with Gasteiger partial charge >= 0.3 is 6.03 Å². The number of hydrogen-bond donors (Lipinski definition) is 3. The zero-order valence-corrected chi connectivity index (χ0v) is 11.6. The number of nitrogens with two attached hydrogens (primary N) is 1. The summed E-state index contributed by atoms with van der Waals surface area (Å²) >= 11 is 0. The van der Waals surface area contributed by atoms with Gasteiger partial charge in [-0.05, 0) is 24.6 Å². The van der Waals surface area contributed by atoms with E-state index in [4.69, 9.17) is 5.73 Å². The van der Waals surface area contributed by atoms with Gasteiger partial charge < -0.3 is 20.9 Å². The van der Waals surface area contributed by atoms with Gasteiger partial charge in [-0.1, -0.05) is 12.1 Å². The highest BCUT2D eigenvalue weighted by Crippen LogP contribution is 2.16. The first-order valence-electron chi connectivity index (χ1n) is 6.42. The summed E-state index contributed by atoms with van der Waals surface area (Å²) in [6, 6.07) is 7.22. The molecule has 1 atom stereocenters. The van der Waals surface area contributed by atoms with Crippen molar-refractivity contribution in [3.8, 4) is 0 Å². The van der Waals surface area contributed by atoms with Crippen molar-refractivity contribution in [2.75, 3.05) is 5.32 Å². The molecule has 0 radical (unpaired) electrons. The first-order valence-corrected chi connectivity index (χ1v) is 6.42. The smallest absolute Gasteiger partial charge is 0.316 e. The van der Waals surface area contributed by atoms with Gasteiger partial charge in [-0.15, -0.1) is 0 Å². The summed E-state index contributed by atoms with van der Waals surface area (Å²) in [5, 5.41) is 5.94. The highest BCUT2D eigenvalue weighted by Gasteiger charge is 2.07. The van der Waals surface area contributed by atoms with Crippen molar-refractivity contribution < 1.29 is 4.79 Å². The zero-order valence-electron chi connectivity index (χ0n) is 11.6. The van der Waals surface area contributed by atoms with Crippen LogP contribution in [0.4, 0.5) is 10.5 Å². The molecule has 2 amide bonds. The molecular formula is C14H19N5O. The van der Waals surface area contributed by atoms with Crippen LogP contribution in [0.2, 0.25) is 0 Å². The zero-order chi connectivity index (χ0) is 14.5. The SMILES string of the molecule is CC(NCc1nccn1C)c1ccc(NC(N)=O)cc1. The van der Waals surface area contributed by atoms with E-state index < -0.39 is 6.03 Å². The molecule has 1 unspecified atom stereocenters. The Hall–Kier alpha value is -2.34. The second kappa shape index (κ2) is 6.21. The van der Waals surface area contributed by atoms with Crippen LogP contribution in [-0.4, -0.2) is 15.6 Å². The molecular weight excluding hydrogens is 254 g/mol. The van der Waals surface area contributed by atoms with Crippen LogP contribution in [0.15, 0.2) is 36.7 Å². The van der Waals surface area contributed by atoms with E-state index in [2.05, 4.69) is 22.5 Å². The number of carbonyl (C=O) groups excluding carboxylic acids is 1.